The van der Waals surface area contributed by atoms with Crippen molar-refractivity contribution in [3.8, 4) is 0 Å². The molecule has 1 aromatic carbocycles. The molecule has 0 radical (unpaired) electrons. The van der Waals surface area contributed by atoms with Gasteiger partial charge >= 0.3 is 0 Å². The van der Waals surface area contributed by atoms with E-state index in [1.165, 1.54) is 11.3 Å². The number of hydrogen-bond acceptors (Lipinski definition) is 2. The molecule has 0 spiro atoms. The van der Waals surface area contributed by atoms with Crippen LogP contribution in [0.15, 0.2) is 24.3 Å². The Bertz CT molecular complexity index is 273. The topological polar surface area (TPSA) is 32.3 Å². The van der Waals surface area contributed by atoms with E-state index in [9.17, 15) is 0 Å². The summed E-state index contributed by atoms with van der Waals surface area (Å²) in [5.41, 5.74) is 2.46. The normalized spacial score (nSPS) is 12.5. The van der Waals surface area contributed by atoms with E-state index in [2.05, 4.69) is 31.3 Å². The molecule has 2 nitrogen and oxygen atoms in total. The predicted molar refractivity (Wildman–Crippen MR) is 60.6 cm³/mol. The number of aryl methyl sites for hydroxylation is 1. The molecule has 0 aliphatic heterocycles. The minimum atomic E-state index is 0.278. The first-order chi connectivity index (χ1) is 6.74. The standard InChI is InChI=1S/C12H19NO/c1-10-6-3-4-8-12(10)13-11(2)7-5-9-14/h3-4,6,8,11,13-14H,5,7,9H2,1-2H3/t11-/m0/s1. The number of para-hydroxylation sites is 1. The number of anilines is 1. The zero-order chi connectivity index (χ0) is 10.4. The largest absolute Gasteiger partial charge is 0.396 e. The molecule has 0 aromatic heterocycles. The van der Waals surface area contributed by atoms with E-state index in [-0.39, 0.29) is 6.61 Å². The molecule has 2 heteroatoms. The fraction of sp³-hybridized carbons (Fsp3) is 0.500. The molecular weight excluding hydrogens is 174 g/mol. The van der Waals surface area contributed by atoms with Crippen LogP contribution in [0.4, 0.5) is 5.69 Å². The van der Waals surface area contributed by atoms with Gasteiger partial charge in [-0.25, -0.2) is 0 Å². The number of aliphatic hydroxyl groups excluding tert-OH is 1. The summed E-state index contributed by atoms with van der Waals surface area (Å²) in [6.07, 6.45) is 1.87. The molecular formula is C12H19NO. The van der Waals surface area contributed by atoms with Crippen LogP contribution in [0.3, 0.4) is 0 Å². The lowest BCUT2D eigenvalue weighted by Crippen LogP contribution is -2.16. The average molecular weight is 193 g/mol. The number of rotatable bonds is 5. The monoisotopic (exact) mass is 193 g/mol. The summed E-state index contributed by atoms with van der Waals surface area (Å²) in [6, 6.07) is 8.68. The summed E-state index contributed by atoms with van der Waals surface area (Å²) < 4.78 is 0. The third-order valence-electron chi connectivity index (χ3n) is 2.34. The second kappa shape index (κ2) is 5.66. The van der Waals surface area contributed by atoms with Gasteiger partial charge in [-0.3, -0.25) is 0 Å². The molecule has 1 aromatic rings. The number of benzene rings is 1. The SMILES string of the molecule is Cc1ccccc1N[C@@H](C)CCCO. The minimum absolute atomic E-state index is 0.278. The maximum Gasteiger partial charge on any atom is 0.0431 e. The Morgan fingerprint density at radius 1 is 1.36 bits per heavy atom. The molecule has 0 amide bonds. The third-order valence-corrected chi connectivity index (χ3v) is 2.34. The molecule has 1 rings (SSSR count). The maximum absolute atomic E-state index is 8.71. The van der Waals surface area contributed by atoms with Crippen molar-refractivity contribution in [2.45, 2.75) is 32.7 Å². The summed E-state index contributed by atoms with van der Waals surface area (Å²) in [5.74, 6) is 0. The molecule has 2 N–H and O–H groups in total. The number of aliphatic hydroxyl groups is 1. The van der Waals surface area contributed by atoms with Crippen molar-refractivity contribution in [1.82, 2.24) is 0 Å². The lowest BCUT2D eigenvalue weighted by Gasteiger charge is -2.16. The quantitative estimate of drug-likeness (QED) is 0.753. The molecule has 0 aliphatic carbocycles. The van der Waals surface area contributed by atoms with E-state index in [0.29, 0.717) is 6.04 Å². The van der Waals surface area contributed by atoms with Gasteiger partial charge in [-0.1, -0.05) is 18.2 Å². The summed E-state index contributed by atoms with van der Waals surface area (Å²) in [4.78, 5) is 0. The molecule has 0 fully saturated rings. The van der Waals surface area contributed by atoms with E-state index >= 15 is 0 Å². The van der Waals surface area contributed by atoms with Gasteiger partial charge in [0.05, 0.1) is 0 Å². The maximum atomic E-state index is 8.71. The first kappa shape index (κ1) is 11.1. The second-order valence-corrected chi connectivity index (χ2v) is 3.73. The van der Waals surface area contributed by atoms with E-state index in [1.54, 1.807) is 0 Å². The minimum Gasteiger partial charge on any atom is -0.396 e. The second-order valence-electron chi connectivity index (χ2n) is 3.73. The van der Waals surface area contributed by atoms with E-state index in [1.807, 2.05) is 12.1 Å². The first-order valence-corrected chi connectivity index (χ1v) is 5.17. The molecule has 0 heterocycles. The zero-order valence-corrected chi connectivity index (χ0v) is 8.96. The van der Waals surface area contributed by atoms with Crippen LogP contribution >= 0.6 is 0 Å². The van der Waals surface area contributed by atoms with E-state index in [0.717, 1.165) is 12.8 Å². The van der Waals surface area contributed by atoms with E-state index < -0.39 is 0 Å². The van der Waals surface area contributed by atoms with Crippen LogP contribution in [0.5, 0.6) is 0 Å². The average Bonchev–Trinajstić information content (AvgIpc) is 2.18. The van der Waals surface area contributed by atoms with Gasteiger partial charge in [0.15, 0.2) is 0 Å². The molecule has 0 unspecified atom stereocenters. The van der Waals surface area contributed by atoms with Gasteiger partial charge in [-0.15, -0.1) is 0 Å². The van der Waals surface area contributed by atoms with Gasteiger partial charge in [-0.05, 0) is 38.3 Å². The predicted octanol–water partition coefficient (Wildman–Crippen LogP) is 2.57. The summed E-state index contributed by atoms with van der Waals surface area (Å²) >= 11 is 0. The van der Waals surface area contributed by atoms with Crippen LogP contribution in [0.25, 0.3) is 0 Å². The van der Waals surface area contributed by atoms with E-state index in [4.69, 9.17) is 5.11 Å². The van der Waals surface area contributed by atoms with Crippen molar-refractivity contribution in [3.63, 3.8) is 0 Å². The molecule has 78 valence electrons. The van der Waals surface area contributed by atoms with Crippen LogP contribution < -0.4 is 5.32 Å². The molecule has 0 saturated heterocycles. The Morgan fingerprint density at radius 3 is 2.71 bits per heavy atom. The van der Waals surface area contributed by atoms with Crippen molar-refractivity contribution >= 4 is 5.69 Å². The fourth-order valence-electron chi connectivity index (χ4n) is 1.47. The van der Waals surface area contributed by atoms with Gasteiger partial charge in [-0.2, -0.15) is 0 Å². The number of nitrogens with one attached hydrogen (secondary N) is 1. The van der Waals surface area contributed by atoms with Crippen molar-refractivity contribution in [3.05, 3.63) is 29.8 Å². The van der Waals surface area contributed by atoms with Gasteiger partial charge in [0, 0.05) is 18.3 Å². The van der Waals surface area contributed by atoms with Crippen molar-refractivity contribution in [1.29, 1.82) is 0 Å². The molecule has 1 atom stereocenters. The van der Waals surface area contributed by atoms with Crippen molar-refractivity contribution in [2.75, 3.05) is 11.9 Å². The Kier molecular flexibility index (Phi) is 4.47. The van der Waals surface area contributed by atoms with Gasteiger partial charge < -0.3 is 10.4 Å². The highest BCUT2D eigenvalue weighted by Crippen LogP contribution is 2.15. The molecule has 14 heavy (non-hydrogen) atoms. The number of hydrogen-bond donors (Lipinski definition) is 2. The van der Waals surface area contributed by atoms with Crippen LogP contribution in [0.1, 0.15) is 25.3 Å². The molecule has 0 bridgehead atoms. The van der Waals surface area contributed by atoms with Gasteiger partial charge in [0.2, 0.25) is 0 Å². The van der Waals surface area contributed by atoms with Crippen molar-refractivity contribution in [2.24, 2.45) is 0 Å². The Hall–Kier alpha value is -1.02. The fourth-order valence-corrected chi connectivity index (χ4v) is 1.47. The van der Waals surface area contributed by atoms with Crippen LogP contribution in [0.2, 0.25) is 0 Å². The summed E-state index contributed by atoms with van der Waals surface area (Å²) in [7, 11) is 0. The summed E-state index contributed by atoms with van der Waals surface area (Å²) in [6.45, 7) is 4.52. The van der Waals surface area contributed by atoms with Gasteiger partial charge in [0.25, 0.3) is 0 Å². The Morgan fingerprint density at radius 2 is 2.07 bits per heavy atom. The summed E-state index contributed by atoms with van der Waals surface area (Å²) in [5, 5.41) is 12.1. The molecule has 0 aliphatic rings. The lowest BCUT2D eigenvalue weighted by atomic mass is 10.1. The zero-order valence-electron chi connectivity index (χ0n) is 8.96. The van der Waals surface area contributed by atoms with Crippen LogP contribution in [0, 0.1) is 6.92 Å². The van der Waals surface area contributed by atoms with Gasteiger partial charge in [0.1, 0.15) is 0 Å². The highest BCUT2D eigenvalue weighted by atomic mass is 16.2. The third kappa shape index (κ3) is 3.38. The van der Waals surface area contributed by atoms with Crippen LogP contribution in [-0.4, -0.2) is 17.8 Å². The Balaban J connectivity index is 2.47. The highest BCUT2D eigenvalue weighted by Gasteiger charge is 2.02. The van der Waals surface area contributed by atoms with Crippen LogP contribution in [-0.2, 0) is 0 Å². The molecule has 0 saturated carbocycles. The first-order valence-electron chi connectivity index (χ1n) is 5.17. The highest BCUT2D eigenvalue weighted by molar-refractivity contribution is 5.50. The smallest absolute Gasteiger partial charge is 0.0431 e. The van der Waals surface area contributed by atoms with Crippen molar-refractivity contribution < 1.29 is 5.11 Å². The lowest BCUT2D eigenvalue weighted by molar-refractivity contribution is 0.282. The Labute approximate surface area is 86.0 Å².